The number of halogens is 4. The number of ether oxygens (including phenoxy) is 1. The molecule has 0 bridgehead atoms. The van der Waals surface area contributed by atoms with Crippen molar-refractivity contribution in [3.05, 3.63) is 52.7 Å². The Morgan fingerprint density at radius 1 is 1.24 bits per heavy atom. The van der Waals surface area contributed by atoms with Gasteiger partial charge < -0.3 is 4.74 Å². The topological polar surface area (TPSA) is 39.2 Å². The van der Waals surface area contributed by atoms with E-state index in [0.717, 1.165) is 12.1 Å². The highest BCUT2D eigenvalue weighted by atomic mass is 35.5. The molecular weight excluding hydrogens is 307 g/mol. The predicted molar refractivity (Wildman–Crippen MR) is 71.0 cm³/mol. The van der Waals surface area contributed by atoms with Crippen LogP contribution in [0.5, 0.6) is 0 Å². The molecule has 1 aromatic carbocycles. The fourth-order valence-electron chi connectivity index (χ4n) is 1.68. The number of hydrogen-bond donors (Lipinski definition) is 0. The van der Waals surface area contributed by atoms with Gasteiger partial charge in [-0.25, -0.2) is 4.79 Å². The third-order valence-electron chi connectivity index (χ3n) is 2.77. The predicted octanol–water partition coefficient (Wildman–Crippen LogP) is 4.21. The number of rotatable bonds is 2. The van der Waals surface area contributed by atoms with Crippen molar-refractivity contribution < 1.29 is 22.7 Å². The molecule has 7 heteroatoms. The van der Waals surface area contributed by atoms with Crippen LogP contribution in [-0.4, -0.2) is 18.1 Å². The average molecular weight is 316 g/mol. The third kappa shape index (κ3) is 3.33. The molecule has 0 aliphatic rings. The molecule has 0 unspecified atom stereocenters. The van der Waals surface area contributed by atoms with Gasteiger partial charge in [-0.15, -0.1) is 0 Å². The van der Waals surface area contributed by atoms with Gasteiger partial charge in [0.2, 0.25) is 0 Å². The number of carbonyl (C=O) groups is 1. The number of alkyl halides is 3. The maximum Gasteiger partial charge on any atom is 0.416 e. The number of esters is 1. The van der Waals surface area contributed by atoms with Gasteiger partial charge in [-0.1, -0.05) is 23.7 Å². The van der Waals surface area contributed by atoms with Crippen LogP contribution in [0.25, 0.3) is 11.3 Å². The lowest BCUT2D eigenvalue weighted by molar-refractivity contribution is -0.137. The lowest BCUT2D eigenvalue weighted by atomic mass is 10.1. The third-order valence-corrected chi connectivity index (χ3v) is 3.08. The van der Waals surface area contributed by atoms with E-state index in [-0.39, 0.29) is 10.6 Å². The molecular formula is C14H9ClF3NO2. The maximum absolute atomic E-state index is 12.5. The highest BCUT2D eigenvalue weighted by Gasteiger charge is 2.30. The van der Waals surface area contributed by atoms with Gasteiger partial charge in [-0.3, -0.25) is 4.98 Å². The summed E-state index contributed by atoms with van der Waals surface area (Å²) in [5.41, 5.74) is 0.168. The summed E-state index contributed by atoms with van der Waals surface area (Å²) < 4.78 is 42.0. The van der Waals surface area contributed by atoms with Gasteiger partial charge in [0.15, 0.2) is 0 Å². The van der Waals surface area contributed by atoms with Crippen molar-refractivity contribution in [1.29, 1.82) is 0 Å². The number of nitrogens with zero attached hydrogens (tertiary/aromatic N) is 1. The Labute approximate surface area is 123 Å². The van der Waals surface area contributed by atoms with E-state index in [9.17, 15) is 18.0 Å². The normalized spacial score (nSPS) is 11.3. The number of aromatic nitrogens is 1. The molecule has 0 aliphatic heterocycles. The number of pyridine rings is 1. The summed E-state index contributed by atoms with van der Waals surface area (Å²) in [6.07, 6.45) is -3.17. The largest absolute Gasteiger partial charge is 0.465 e. The monoisotopic (exact) mass is 315 g/mol. The second-order valence-electron chi connectivity index (χ2n) is 4.12. The summed E-state index contributed by atoms with van der Waals surface area (Å²) in [6, 6.07) is 5.90. The van der Waals surface area contributed by atoms with Crippen molar-refractivity contribution in [2.45, 2.75) is 6.18 Å². The first kappa shape index (κ1) is 15.3. The van der Waals surface area contributed by atoms with Crippen LogP contribution in [0.2, 0.25) is 5.02 Å². The molecule has 1 heterocycles. The first-order chi connectivity index (χ1) is 9.82. The average Bonchev–Trinajstić information content (AvgIpc) is 2.45. The fourth-order valence-corrected chi connectivity index (χ4v) is 1.91. The van der Waals surface area contributed by atoms with Crippen LogP contribution in [-0.2, 0) is 10.9 Å². The van der Waals surface area contributed by atoms with E-state index in [2.05, 4.69) is 9.72 Å². The molecule has 1 aromatic heterocycles. The molecule has 0 aliphatic carbocycles. The van der Waals surface area contributed by atoms with E-state index in [1.54, 1.807) is 0 Å². The summed E-state index contributed by atoms with van der Waals surface area (Å²) in [4.78, 5) is 15.4. The molecule has 0 saturated carbocycles. The first-order valence-corrected chi connectivity index (χ1v) is 6.12. The molecule has 0 atom stereocenters. The Hall–Kier alpha value is -2.08. The van der Waals surface area contributed by atoms with Gasteiger partial charge in [0.25, 0.3) is 0 Å². The number of hydrogen-bond acceptors (Lipinski definition) is 3. The molecule has 0 spiro atoms. The Balaban J connectivity index is 2.35. The van der Waals surface area contributed by atoms with E-state index in [1.165, 1.54) is 31.5 Å². The van der Waals surface area contributed by atoms with Crippen molar-refractivity contribution in [2.75, 3.05) is 7.11 Å². The van der Waals surface area contributed by atoms with Crippen molar-refractivity contribution in [2.24, 2.45) is 0 Å². The molecule has 3 nitrogen and oxygen atoms in total. The second kappa shape index (κ2) is 5.73. The summed E-state index contributed by atoms with van der Waals surface area (Å²) >= 11 is 5.94. The van der Waals surface area contributed by atoms with Crippen LogP contribution in [0, 0.1) is 0 Å². The number of benzene rings is 1. The van der Waals surface area contributed by atoms with E-state index < -0.39 is 17.7 Å². The lowest BCUT2D eigenvalue weighted by Crippen LogP contribution is -2.04. The van der Waals surface area contributed by atoms with Crippen LogP contribution in [0.3, 0.4) is 0 Å². The Morgan fingerprint density at radius 2 is 1.86 bits per heavy atom. The zero-order valence-corrected chi connectivity index (χ0v) is 11.5. The van der Waals surface area contributed by atoms with Gasteiger partial charge in [0, 0.05) is 11.8 Å². The second-order valence-corrected chi connectivity index (χ2v) is 4.52. The molecule has 2 aromatic rings. The van der Waals surface area contributed by atoms with Crippen molar-refractivity contribution in [1.82, 2.24) is 4.98 Å². The van der Waals surface area contributed by atoms with Crippen molar-refractivity contribution in [3.8, 4) is 11.3 Å². The molecule has 0 fully saturated rings. The zero-order chi connectivity index (χ0) is 15.6. The SMILES string of the molecule is COC(=O)c1cnc(-c2ccc(C(F)(F)F)cc2)cc1Cl. The minimum atomic E-state index is -4.39. The van der Waals surface area contributed by atoms with Crippen molar-refractivity contribution >= 4 is 17.6 Å². The molecule has 0 N–H and O–H groups in total. The van der Waals surface area contributed by atoms with Gasteiger partial charge in [0.05, 0.1) is 29.0 Å². The maximum atomic E-state index is 12.5. The van der Waals surface area contributed by atoms with E-state index >= 15 is 0 Å². The van der Waals surface area contributed by atoms with E-state index in [4.69, 9.17) is 11.6 Å². The number of methoxy groups -OCH3 is 1. The summed E-state index contributed by atoms with van der Waals surface area (Å²) in [5.74, 6) is -0.633. The fraction of sp³-hybridized carbons (Fsp3) is 0.143. The first-order valence-electron chi connectivity index (χ1n) is 5.74. The molecule has 0 radical (unpaired) electrons. The smallest absolute Gasteiger partial charge is 0.416 e. The number of carbonyl (C=O) groups excluding carboxylic acids is 1. The van der Waals surface area contributed by atoms with Gasteiger partial charge >= 0.3 is 12.1 Å². The Kier molecular flexibility index (Phi) is 4.18. The Morgan fingerprint density at radius 3 is 2.33 bits per heavy atom. The summed E-state index contributed by atoms with van der Waals surface area (Å²) in [5, 5.41) is 0.117. The van der Waals surface area contributed by atoms with Gasteiger partial charge in [0.1, 0.15) is 0 Å². The highest BCUT2D eigenvalue weighted by Crippen LogP contribution is 2.31. The molecule has 0 amide bonds. The summed E-state index contributed by atoms with van der Waals surface area (Å²) in [7, 11) is 1.21. The van der Waals surface area contributed by atoms with E-state index in [1.807, 2.05) is 0 Å². The van der Waals surface area contributed by atoms with Crippen LogP contribution < -0.4 is 0 Å². The lowest BCUT2D eigenvalue weighted by Gasteiger charge is -2.08. The quantitative estimate of drug-likeness (QED) is 0.779. The van der Waals surface area contributed by atoms with Crippen LogP contribution in [0.15, 0.2) is 36.5 Å². The van der Waals surface area contributed by atoms with Crippen LogP contribution >= 0.6 is 11.6 Å². The van der Waals surface area contributed by atoms with Crippen LogP contribution in [0.4, 0.5) is 13.2 Å². The summed E-state index contributed by atoms with van der Waals surface area (Å²) in [6.45, 7) is 0. The van der Waals surface area contributed by atoms with Gasteiger partial charge in [-0.2, -0.15) is 13.2 Å². The minimum absolute atomic E-state index is 0.0924. The molecule has 110 valence electrons. The standard InChI is InChI=1S/C14H9ClF3NO2/c1-21-13(20)10-7-19-12(6-11(10)15)8-2-4-9(5-3-8)14(16,17)18/h2-7H,1H3. The van der Waals surface area contributed by atoms with Crippen LogP contribution in [0.1, 0.15) is 15.9 Å². The van der Waals surface area contributed by atoms with Crippen molar-refractivity contribution in [3.63, 3.8) is 0 Å². The Bertz CT molecular complexity index is 669. The minimum Gasteiger partial charge on any atom is -0.465 e. The molecule has 2 rings (SSSR count). The molecule has 21 heavy (non-hydrogen) atoms. The van der Waals surface area contributed by atoms with Gasteiger partial charge in [-0.05, 0) is 18.2 Å². The molecule has 0 saturated heterocycles. The van der Waals surface area contributed by atoms with E-state index in [0.29, 0.717) is 11.3 Å². The highest BCUT2D eigenvalue weighted by molar-refractivity contribution is 6.33. The zero-order valence-electron chi connectivity index (χ0n) is 10.7.